The van der Waals surface area contributed by atoms with Crippen molar-refractivity contribution in [1.82, 2.24) is 5.32 Å². The van der Waals surface area contributed by atoms with Crippen molar-refractivity contribution in [1.29, 1.82) is 0 Å². The number of carboxylic acids is 1. The fourth-order valence-electron chi connectivity index (χ4n) is 3.15. The van der Waals surface area contributed by atoms with E-state index in [2.05, 4.69) is 5.32 Å². The number of carbonyl (C=O) groups is 2. The molecule has 1 aromatic rings. The smallest absolute Gasteiger partial charge is 0.306 e. The van der Waals surface area contributed by atoms with Gasteiger partial charge in [-0.15, -0.1) is 0 Å². The molecule has 25 heavy (non-hydrogen) atoms. The van der Waals surface area contributed by atoms with Crippen LogP contribution in [0.2, 0.25) is 5.02 Å². The molecule has 1 aromatic carbocycles. The van der Waals surface area contributed by atoms with Gasteiger partial charge in [0.15, 0.2) is 11.5 Å². The number of ether oxygens (including phenoxy) is 2. The van der Waals surface area contributed by atoms with Crippen LogP contribution in [-0.4, -0.2) is 30.7 Å². The predicted octanol–water partition coefficient (Wildman–Crippen LogP) is 3.25. The molecule has 0 radical (unpaired) electrons. The number of methoxy groups -OCH3 is 1. The summed E-state index contributed by atoms with van der Waals surface area (Å²) in [5, 5.41) is 12.4. The quantitative estimate of drug-likeness (QED) is 0.770. The second-order valence-electron chi connectivity index (χ2n) is 6.16. The maximum absolute atomic E-state index is 12.4. The van der Waals surface area contributed by atoms with Crippen LogP contribution >= 0.6 is 11.6 Å². The summed E-state index contributed by atoms with van der Waals surface area (Å²) in [6.45, 7) is 2.63. The van der Waals surface area contributed by atoms with Crippen molar-refractivity contribution in [3.63, 3.8) is 0 Å². The van der Waals surface area contributed by atoms with Crippen molar-refractivity contribution in [2.75, 3.05) is 13.7 Å². The zero-order valence-corrected chi connectivity index (χ0v) is 15.3. The average molecular weight is 370 g/mol. The lowest BCUT2D eigenvalue weighted by Gasteiger charge is -2.25. The van der Waals surface area contributed by atoms with Crippen LogP contribution < -0.4 is 14.8 Å². The number of hydrogen-bond donors (Lipinski definition) is 2. The molecule has 2 unspecified atom stereocenters. The molecule has 1 fully saturated rings. The van der Waals surface area contributed by atoms with Crippen molar-refractivity contribution >= 4 is 23.5 Å². The molecule has 2 rings (SSSR count). The van der Waals surface area contributed by atoms with Crippen molar-refractivity contribution in [2.24, 2.45) is 11.8 Å². The zero-order chi connectivity index (χ0) is 18.4. The van der Waals surface area contributed by atoms with Crippen LogP contribution in [0.1, 0.15) is 38.2 Å². The van der Waals surface area contributed by atoms with Gasteiger partial charge in [-0.3, -0.25) is 9.59 Å². The van der Waals surface area contributed by atoms with Gasteiger partial charge in [-0.05, 0) is 43.9 Å². The topological polar surface area (TPSA) is 84.9 Å². The number of rotatable bonds is 7. The van der Waals surface area contributed by atoms with Crippen LogP contribution in [0.3, 0.4) is 0 Å². The summed E-state index contributed by atoms with van der Waals surface area (Å²) in [5.74, 6) is -0.615. The molecule has 0 bridgehead atoms. The van der Waals surface area contributed by atoms with Crippen LogP contribution in [0.4, 0.5) is 0 Å². The van der Waals surface area contributed by atoms with E-state index in [9.17, 15) is 9.59 Å². The summed E-state index contributed by atoms with van der Waals surface area (Å²) < 4.78 is 10.8. The van der Waals surface area contributed by atoms with Gasteiger partial charge in [0, 0.05) is 12.5 Å². The first kappa shape index (κ1) is 19.4. The fourth-order valence-corrected chi connectivity index (χ4v) is 3.43. The minimum absolute atomic E-state index is 0.116. The number of carboxylic acid groups (broad SMARTS) is 1. The van der Waals surface area contributed by atoms with E-state index < -0.39 is 11.9 Å². The highest BCUT2D eigenvalue weighted by atomic mass is 35.5. The van der Waals surface area contributed by atoms with E-state index in [1.807, 2.05) is 6.92 Å². The van der Waals surface area contributed by atoms with Crippen LogP contribution in [-0.2, 0) is 16.1 Å². The summed E-state index contributed by atoms with van der Waals surface area (Å²) >= 11 is 6.23. The Balaban J connectivity index is 1.99. The Morgan fingerprint density at radius 2 is 2.04 bits per heavy atom. The molecule has 1 amide bonds. The second-order valence-corrected chi connectivity index (χ2v) is 6.57. The lowest BCUT2D eigenvalue weighted by atomic mass is 9.81. The van der Waals surface area contributed by atoms with Gasteiger partial charge in [0.2, 0.25) is 5.91 Å². The second kappa shape index (κ2) is 8.94. The standard InChI is InChI=1S/C18H24ClNO5/c1-3-25-16-14(19)7-11(8-15(16)24-2)10-20-17(21)12-5-4-6-13(9-12)18(22)23/h7-8,12-13H,3-6,9-10H2,1-2H3,(H,20,21)(H,22,23). The highest BCUT2D eigenvalue weighted by Gasteiger charge is 2.30. The molecule has 1 saturated carbocycles. The van der Waals surface area contributed by atoms with Gasteiger partial charge in [-0.25, -0.2) is 0 Å². The highest BCUT2D eigenvalue weighted by Crippen LogP contribution is 2.36. The van der Waals surface area contributed by atoms with E-state index >= 15 is 0 Å². The third-order valence-corrected chi connectivity index (χ3v) is 4.72. The lowest BCUT2D eigenvalue weighted by molar-refractivity contribution is -0.144. The van der Waals surface area contributed by atoms with Crippen LogP contribution in [0.25, 0.3) is 0 Å². The number of carbonyl (C=O) groups excluding carboxylic acids is 1. The van der Waals surface area contributed by atoms with Gasteiger partial charge in [0.1, 0.15) is 0 Å². The van der Waals surface area contributed by atoms with E-state index in [0.717, 1.165) is 18.4 Å². The molecule has 1 aliphatic carbocycles. The number of aliphatic carboxylic acids is 1. The molecule has 138 valence electrons. The summed E-state index contributed by atoms with van der Waals surface area (Å²) in [6.07, 6.45) is 2.53. The van der Waals surface area contributed by atoms with E-state index in [-0.39, 0.29) is 11.8 Å². The van der Waals surface area contributed by atoms with E-state index in [4.69, 9.17) is 26.2 Å². The monoisotopic (exact) mass is 369 g/mol. The Hall–Kier alpha value is -1.95. The Morgan fingerprint density at radius 3 is 2.68 bits per heavy atom. The summed E-state index contributed by atoms with van der Waals surface area (Å²) in [4.78, 5) is 23.5. The van der Waals surface area contributed by atoms with Gasteiger partial charge < -0.3 is 19.9 Å². The molecule has 6 nitrogen and oxygen atoms in total. The number of amides is 1. The number of benzene rings is 1. The van der Waals surface area contributed by atoms with Crippen molar-refractivity contribution in [2.45, 2.75) is 39.2 Å². The first-order chi connectivity index (χ1) is 12.0. The molecular weight excluding hydrogens is 346 g/mol. The van der Waals surface area contributed by atoms with E-state index in [1.165, 1.54) is 7.11 Å². The molecule has 2 atom stereocenters. The summed E-state index contributed by atoms with van der Waals surface area (Å²) in [5.41, 5.74) is 0.796. The third-order valence-electron chi connectivity index (χ3n) is 4.44. The Morgan fingerprint density at radius 1 is 1.32 bits per heavy atom. The van der Waals surface area contributed by atoms with Crippen molar-refractivity contribution in [3.05, 3.63) is 22.7 Å². The Labute approximate surface area is 152 Å². The van der Waals surface area contributed by atoms with Crippen molar-refractivity contribution in [3.8, 4) is 11.5 Å². The molecule has 0 aliphatic heterocycles. The molecule has 1 aliphatic rings. The first-order valence-electron chi connectivity index (χ1n) is 8.46. The number of nitrogens with one attached hydrogen (secondary N) is 1. The van der Waals surface area contributed by atoms with Crippen LogP contribution in [0.5, 0.6) is 11.5 Å². The maximum atomic E-state index is 12.4. The van der Waals surface area contributed by atoms with Gasteiger partial charge in [0.05, 0.1) is 24.7 Å². The maximum Gasteiger partial charge on any atom is 0.306 e. The van der Waals surface area contributed by atoms with Crippen molar-refractivity contribution < 1.29 is 24.2 Å². The predicted molar refractivity (Wildman–Crippen MR) is 94.1 cm³/mol. The fraction of sp³-hybridized carbons (Fsp3) is 0.556. The lowest BCUT2D eigenvalue weighted by Crippen LogP contribution is -2.35. The largest absolute Gasteiger partial charge is 0.493 e. The molecular formula is C18H24ClNO5. The van der Waals surface area contributed by atoms with E-state index in [1.54, 1.807) is 12.1 Å². The molecule has 0 heterocycles. The number of halogens is 1. The van der Waals surface area contributed by atoms with E-state index in [0.29, 0.717) is 42.5 Å². The molecule has 0 saturated heterocycles. The normalized spacial score (nSPS) is 20.0. The minimum atomic E-state index is -0.819. The highest BCUT2D eigenvalue weighted by molar-refractivity contribution is 6.32. The zero-order valence-electron chi connectivity index (χ0n) is 14.5. The van der Waals surface area contributed by atoms with Crippen LogP contribution in [0, 0.1) is 11.8 Å². The summed E-state index contributed by atoms with van der Waals surface area (Å²) in [6, 6.07) is 3.51. The van der Waals surface area contributed by atoms with Gasteiger partial charge in [-0.2, -0.15) is 0 Å². The Bertz CT molecular complexity index is 634. The van der Waals surface area contributed by atoms with Gasteiger partial charge >= 0.3 is 5.97 Å². The Kier molecular flexibility index (Phi) is 6.93. The molecule has 7 heteroatoms. The molecule has 0 spiro atoms. The van der Waals surface area contributed by atoms with Gasteiger partial charge in [-0.1, -0.05) is 18.0 Å². The first-order valence-corrected chi connectivity index (χ1v) is 8.83. The molecule has 0 aromatic heterocycles. The minimum Gasteiger partial charge on any atom is -0.493 e. The summed E-state index contributed by atoms with van der Waals surface area (Å²) in [7, 11) is 1.53. The van der Waals surface area contributed by atoms with Crippen LogP contribution in [0.15, 0.2) is 12.1 Å². The third kappa shape index (κ3) is 5.01. The SMILES string of the molecule is CCOc1c(Cl)cc(CNC(=O)C2CCCC(C(=O)O)C2)cc1OC. The molecule has 2 N–H and O–H groups in total. The average Bonchev–Trinajstić information content (AvgIpc) is 2.61. The number of hydrogen-bond acceptors (Lipinski definition) is 4. The van der Waals surface area contributed by atoms with Gasteiger partial charge in [0.25, 0.3) is 0 Å².